The minimum absolute atomic E-state index is 0.416. The number of hydrogen-bond acceptors (Lipinski definition) is 3. The maximum atomic E-state index is 12.3. The highest BCUT2D eigenvalue weighted by Crippen LogP contribution is 2.17. The minimum atomic E-state index is -1.07. The molecule has 0 aliphatic carbocycles. The summed E-state index contributed by atoms with van der Waals surface area (Å²) >= 11 is 0. The Bertz CT molecular complexity index is 665. The van der Waals surface area contributed by atoms with Gasteiger partial charge in [0.25, 0.3) is 5.91 Å². The zero-order valence-corrected chi connectivity index (χ0v) is 12.6. The Kier molecular flexibility index (Phi) is 4.93. The maximum absolute atomic E-state index is 12.3. The fourth-order valence-electron chi connectivity index (χ4n) is 2.17. The first kappa shape index (κ1) is 15.8. The number of hydrogen-bond donors (Lipinski definition) is 2. The van der Waals surface area contributed by atoms with Gasteiger partial charge in [0, 0.05) is 0 Å². The van der Waals surface area contributed by atoms with Crippen LogP contribution in [-0.4, -0.2) is 32.8 Å². The molecule has 0 fully saturated rings. The highest BCUT2D eigenvalue weighted by molar-refractivity contribution is 5.97. The van der Waals surface area contributed by atoms with Crippen LogP contribution in [0.5, 0.6) is 0 Å². The third-order valence-corrected chi connectivity index (χ3v) is 3.32. The predicted molar refractivity (Wildman–Crippen MR) is 82.1 cm³/mol. The highest BCUT2D eigenvalue weighted by atomic mass is 16.4. The summed E-state index contributed by atoms with van der Waals surface area (Å²) in [7, 11) is 0. The number of carboxylic acids is 1. The van der Waals surface area contributed by atoms with Crippen LogP contribution in [0.25, 0.3) is 5.69 Å². The number of aromatic nitrogens is 2. The molecule has 22 heavy (non-hydrogen) atoms. The minimum Gasteiger partial charge on any atom is -0.480 e. The van der Waals surface area contributed by atoms with E-state index in [1.165, 1.54) is 13.1 Å². The molecule has 2 rings (SSSR count). The topological polar surface area (TPSA) is 84.2 Å². The molecule has 1 aromatic carbocycles. The van der Waals surface area contributed by atoms with Gasteiger partial charge in [-0.25, -0.2) is 4.68 Å². The molecule has 0 saturated carbocycles. The second kappa shape index (κ2) is 6.89. The SMILES string of the molecule is CCCc1c(C(=O)N[C@@H](C)C(=O)O)cnn1-c1ccccc1. The van der Waals surface area contributed by atoms with Crippen LogP contribution in [0.4, 0.5) is 0 Å². The molecule has 116 valence electrons. The molecule has 1 aromatic heterocycles. The Balaban J connectivity index is 2.35. The lowest BCUT2D eigenvalue weighted by atomic mass is 10.1. The van der Waals surface area contributed by atoms with E-state index in [0.29, 0.717) is 12.0 Å². The van der Waals surface area contributed by atoms with Gasteiger partial charge in [-0.05, 0) is 25.5 Å². The van der Waals surface area contributed by atoms with Crippen molar-refractivity contribution in [2.75, 3.05) is 0 Å². The lowest BCUT2D eigenvalue weighted by molar-refractivity contribution is -0.138. The Morgan fingerprint density at radius 2 is 2.00 bits per heavy atom. The fraction of sp³-hybridized carbons (Fsp3) is 0.312. The molecule has 0 unspecified atom stereocenters. The van der Waals surface area contributed by atoms with Crippen LogP contribution >= 0.6 is 0 Å². The molecule has 0 saturated heterocycles. The van der Waals surface area contributed by atoms with Crippen LogP contribution < -0.4 is 5.32 Å². The number of benzene rings is 1. The van der Waals surface area contributed by atoms with Crippen molar-refractivity contribution in [2.24, 2.45) is 0 Å². The normalized spacial score (nSPS) is 11.9. The van der Waals surface area contributed by atoms with E-state index in [1.54, 1.807) is 4.68 Å². The summed E-state index contributed by atoms with van der Waals surface area (Å²) in [6.07, 6.45) is 3.02. The molecule has 0 radical (unpaired) electrons. The van der Waals surface area contributed by atoms with Gasteiger partial charge in [0.15, 0.2) is 0 Å². The van der Waals surface area contributed by atoms with Gasteiger partial charge in [-0.15, -0.1) is 0 Å². The molecule has 0 bridgehead atoms. The van der Waals surface area contributed by atoms with Gasteiger partial charge < -0.3 is 10.4 Å². The first-order valence-corrected chi connectivity index (χ1v) is 7.20. The number of para-hydroxylation sites is 1. The van der Waals surface area contributed by atoms with Gasteiger partial charge in [0.05, 0.1) is 23.1 Å². The van der Waals surface area contributed by atoms with Crippen molar-refractivity contribution in [3.05, 3.63) is 47.8 Å². The van der Waals surface area contributed by atoms with E-state index in [-0.39, 0.29) is 0 Å². The van der Waals surface area contributed by atoms with Crippen molar-refractivity contribution in [1.82, 2.24) is 15.1 Å². The first-order chi connectivity index (χ1) is 10.5. The summed E-state index contributed by atoms with van der Waals surface area (Å²) in [5.41, 5.74) is 2.07. The lowest BCUT2D eigenvalue weighted by Gasteiger charge is -2.11. The molecule has 0 aliphatic heterocycles. The summed E-state index contributed by atoms with van der Waals surface area (Å²) in [5, 5.41) is 15.7. The summed E-state index contributed by atoms with van der Waals surface area (Å²) < 4.78 is 1.73. The monoisotopic (exact) mass is 301 g/mol. The average molecular weight is 301 g/mol. The Hall–Kier alpha value is -2.63. The van der Waals surface area contributed by atoms with Gasteiger partial charge in [0.1, 0.15) is 6.04 Å². The lowest BCUT2D eigenvalue weighted by Crippen LogP contribution is -2.38. The van der Waals surface area contributed by atoms with E-state index in [1.807, 2.05) is 37.3 Å². The summed E-state index contributed by atoms with van der Waals surface area (Å²) in [5.74, 6) is -1.48. The second-order valence-corrected chi connectivity index (χ2v) is 5.04. The Labute approximate surface area is 128 Å². The van der Waals surface area contributed by atoms with Gasteiger partial charge in [-0.3, -0.25) is 9.59 Å². The molecule has 1 atom stereocenters. The molecule has 0 spiro atoms. The van der Waals surface area contributed by atoms with Crippen LogP contribution in [0.3, 0.4) is 0 Å². The molecule has 6 nitrogen and oxygen atoms in total. The number of carbonyl (C=O) groups excluding carboxylic acids is 1. The summed E-state index contributed by atoms with van der Waals surface area (Å²) in [6, 6.07) is 8.59. The highest BCUT2D eigenvalue weighted by Gasteiger charge is 2.21. The van der Waals surface area contributed by atoms with E-state index in [9.17, 15) is 9.59 Å². The number of carboxylic acid groups (broad SMARTS) is 1. The van der Waals surface area contributed by atoms with E-state index < -0.39 is 17.9 Å². The number of rotatable bonds is 6. The van der Waals surface area contributed by atoms with Crippen molar-refractivity contribution in [3.8, 4) is 5.69 Å². The standard InChI is InChI=1S/C16H19N3O3/c1-3-7-14-13(15(20)18-11(2)16(21)22)10-17-19(14)12-8-5-4-6-9-12/h4-6,8-11H,3,7H2,1-2H3,(H,18,20)(H,21,22)/t11-/m0/s1. The van der Waals surface area contributed by atoms with Crippen molar-refractivity contribution < 1.29 is 14.7 Å². The largest absolute Gasteiger partial charge is 0.480 e. The van der Waals surface area contributed by atoms with Crippen molar-refractivity contribution in [1.29, 1.82) is 0 Å². The zero-order valence-electron chi connectivity index (χ0n) is 12.6. The number of nitrogens with zero attached hydrogens (tertiary/aromatic N) is 2. The van der Waals surface area contributed by atoms with Gasteiger partial charge in [-0.1, -0.05) is 31.5 Å². The van der Waals surface area contributed by atoms with Crippen molar-refractivity contribution >= 4 is 11.9 Å². The average Bonchev–Trinajstić information content (AvgIpc) is 2.92. The van der Waals surface area contributed by atoms with E-state index in [2.05, 4.69) is 10.4 Å². The van der Waals surface area contributed by atoms with Crippen molar-refractivity contribution in [2.45, 2.75) is 32.7 Å². The second-order valence-electron chi connectivity index (χ2n) is 5.04. The molecule has 1 heterocycles. The third kappa shape index (κ3) is 3.33. The number of aliphatic carboxylic acids is 1. The number of nitrogens with one attached hydrogen (secondary N) is 1. The van der Waals surface area contributed by atoms with Crippen LogP contribution in [-0.2, 0) is 11.2 Å². The molecular formula is C16H19N3O3. The Morgan fingerprint density at radius 1 is 1.32 bits per heavy atom. The quantitative estimate of drug-likeness (QED) is 0.855. The molecular weight excluding hydrogens is 282 g/mol. The van der Waals surface area contributed by atoms with E-state index >= 15 is 0 Å². The van der Waals surface area contributed by atoms with Crippen molar-refractivity contribution in [3.63, 3.8) is 0 Å². The molecule has 2 N–H and O–H groups in total. The predicted octanol–water partition coefficient (Wildman–Crippen LogP) is 2.03. The smallest absolute Gasteiger partial charge is 0.325 e. The Morgan fingerprint density at radius 3 is 2.59 bits per heavy atom. The number of carbonyl (C=O) groups is 2. The van der Waals surface area contributed by atoms with Crippen LogP contribution in [0.15, 0.2) is 36.5 Å². The third-order valence-electron chi connectivity index (χ3n) is 3.32. The van der Waals surface area contributed by atoms with E-state index in [4.69, 9.17) is 5.11 Å². The van der Waals surface area contributed by atoms with Crippen LogP contribution in [0.2, 0.25) is 0 Å². The maximum Gasteiger partial charge on any atom is 0.325 e. The first-order valence-electron chi connectivity index (χ1n) is 7.20. The molecule has 2 aromatic rings. The van der Waals surface area contributed by atoms with Gasteiger partial charge in [-0.2, -0.15) is 5.10 Å². The molecule has 6 heteroatoms. The van der Waals surface area contributed by atoms with Gasteiger partial charge in [0.2, 0.25) is 0 Å². The molecule has 0 aliphatic rings. The van der Waals surface area contributed by atoms with Crippen LogP contribution in [0, 0.1) is 0 Å². The fourth-order valence-corrected chi connectivity index (χ4v) is 2.17. The van der Waals surface area contributed by atoms with Gasteiger partial charge >= 0.3 is 5.97 Å². The number of amides is 1. The molecule has 1 amide bonds. The summed E-state index contributed by atoms with van der Waals surface area (Å²) in [6.45, 7) is 3.45. The van der Waals surface area contributed by atoms with E-state index in [0.717, 1.165) is 17.8 Å². The zero-order chi connectivity index (χ0) is 16.1. The van der Waals surface area contributed by atoms with Crippen LogP contribution in [0.1, 0.15) is 36.3 Å². The summed E-state index contributed by atoms with van der Waals surface area (Å²) in [4.78, 5) is 23.1.